The van der Waals surface area contributed by atoms with Gasteiger partial charge in [-0.3, -0.25) is 0 Å². The summed E-state index contributed by atoms with van der Waals surface area (Å²) in [5.74, 6) is 1.68. The molecule has 5 nitrogen and oxygen atoms in total. The van der Waals surface area contributed by atoms with Crippen LogP contribution in [-0.4, -0.2) is 31.5 Å². The Kier molecular flexibility index (Phi) is 3.83. The molecule has 1 fully saturated rings. The lowest BCUT2D eigenvalue weighted by atomic mass is 9.99. The first kappa shape index (κ1) is 12.6. The molecule has 0 atom stereocenters. The van der Waals surface area contributed by atoms with Crippen molar-refractivity contribution in [1.29, 1.82) is 0 Å². The van der Waals surface area contributed by atoms with Crippen molar-refractivity contribution < 1.29 is 12.8 Å². The van der Waals surface area contributed by atoms with E-state index in [0.717, 1.165) is 31.4 Å². The summed E-state index contributed by atoms with van der Waals surface area (Å²) >= 11 is 0. The summed E-state index contributed by atoms with van der Waals surface area (Å²) in [4.78, 5) is 4.33. The van der Waals surface area contributed by atoms with Gasteiger partial charge in [-0.2, -0.15) is 0 Å². The maximum atomic E-state index is 11.3. The van der Waals surface area contributed by atoms with E-state index < -0.39 is 9.84 Å². The van der Waals surface area contributed by atoms with Crippen molar-refractivity contribution in [2.75, 3.05) is 18.1 Å². The zero-order chi connectivity index (χ0) is 12.3. The largest absolute Gasteiger partial charge is 0.449 e. The molecule has 2 rings (SSSR count). The lowest BCUT2D eigenvalue weighted by Crippen LogP contribution is -2.24. The molecule has 2 heterocycles. The van der Waals surface area contributed by atoms with Crippen LogP contribution in [0, 0.1) is 5.92 Å². The normalized spacial score (nSPS) is 20.5. The molecule has 96 valence electrons. The molecule has 0 spiro atoms. The van der Waals surface area contributed by atoms with Gasteiger partial charge in [-0.15, -0.1) is 0 Å². The van der Waals surface area contributed by atoms with Crippen molar-refractivity contribution in [3.63, 3.8) is 0 Å². The highest BCUT2D eigenvalue weighted by molar-refractivity contribution is 7.91. The van der Waals surface area contributed by atoms with Crippen LogP contribution in [0.1, 0.15) is 24.4 Å². The van der Waals surface area contributed by atoms with E-state index in [-0.39, 0.29) is 0 Å². The van der Waals surface area contributed by atoms with Gasteiger partial charge < -0.3 is 10.2 Å². The summed E-state index contributed by atoms with van der Waals surface area (Å²) in [6.45, 7) is 0.563. The van der Waals surface area contributed by atoms with Gasteiger partial charge in [0.1, 0.15) is 16.1 Å². The van der Waals surface area contributed by atoms with Crippen molar-refractivity contribution in [3.05, 3.63) is 17.8 Å². The summed E-state index contributed by atoms with van der Waals surface area (Å²) in [6.07, 6.45) is 4.54. The van der Waals surface area contributed by atoms with E-state index in [1.165, 1.54) is 0 Å². The molecular formula is C11H18N2O3S. The quantitative estimate of drug-likeness (QED) is 0.852. The Balaban J connectivity index is 1.88. The number of nitrogens with zero attached hydrogens (tertiary/aromatic N) is 1. The van der Waals surface area contributed by atoms with Crippen molar-refractivity contribution >= 4 is 9.84 Å². The van der Waals surface area contributed by atoms with Crippen LogP contribution in [0.2, 0.25) is 0 Å². The second-order valence-corrected chi connectivity index (χ2v) is 6.87. The highest BCUT2D eigenvalue weighted by Gasteiger charge is 2.24. The van der Waals surface area contributed by atoms with E-state index in [2.05, 4.69) is 4.98 Å². The van der Waals surface area contributed by atoms with Crippen LogP contribution in [0.4, 0.5) is 0 Å². The van der Waals surface area contributed by atoms with Crippen molar-refractivity contribution in [1.82, 2.24) is 4.98 Å². The number of hydrogen-bond acceptors (Lipinski definition) is 5. The second kappa shape index (κ2) is 5.18. The lowest BCUT2D eigenvalue weighted by molar-refractivity contribution is 0.399. The Hall–Kier alpha value is -0.880. The van der Waals surface area contributed by atoms with Crippen LogP contribution in [-0.2, 0) is 22.7 Å². The van der Waals surface area contributed by atoms with Crippen LogP contribution >= 0.6 is 0 Å². The summed E-state index contributed by atoms with van der Waals surface area (Å²) in [5, 5.41) is 0. The van der Waals surface area contributed by atoms with Gasteiger partial charge in [0.2, 0.25) is 0 Å². The summed E-state index contributed by atoms with van der Waals surface area (Å²) in [7, 11) is -2.78. The van der Waals surface area contributed by atoms with Gasteiger partial charge in [0.25, 0.3) is 0 Å². The second-order valence-electron chi connectivity index (χ2n) is 4.57. The molecule has 1 aliphatic rings. The van der Waals surface area contributed by atoms with Gasteiger partial charge in [0.05, 0.1) is 17.2 Å². The lowest BCUT2D eigenvalue weighted by Gasteiger charge is -2.20. The van der Waals surface area contributed by atoms with Gasteiger partial charge in [-0.25, -0.2) is 13.4 Å². The fraction of sp³-hybridized carbons (Fsp3) is 0.727. The number of hydrogen-bond donors (Lipinski definition) is 1. The Bertz CT molecular complexity index is 453. The van der Waals surface area contributed by atoms with Crippen LogP contribution in [0.25, 0.3) is 0 Å². The molecule has 1 aliphatic heterocycles. The Morgan fingerprint density at radius 3 is 2.76 bits per heavy atom. The molecule has 0 aromatic carbocycles. The smallest absolute Gasteiger partial charge is 0.194 e. The SMILES string of the molecule is NCCc1coc(CC2CCS(=O)(=O)CC2)n1. The van der Waals surface area contributed by atoms with Crippen molar-refractivity contribution in [2.24, 2.45) is 11.7 Å². The summed E-state index contributed by atoms with van der Waals surface area (Å²) < 4.78 is 27.9. The van der Waals surface area contributed by atoms with Crippen molar-refractivity contribution in [3.8, 4) is 0 Å². The zero-order valence-corrected chi connectivity index (χ0v) is 10.6. The monoisotopic (exact) mass is 258 g/mol. The topological polar surface area (TPSA) is 86.2 Å². The third-order valence-electron chi connectivity index (χ3n) is 3.14. The maximum absolute atomic E-state index is 11.3. The van der Waals surface area contributed by atoms with E-state index in [9.17, 15) is 8.42 Å². The molecule has 0 aliphatic carbocycles. The predicted molar refractivity (Wildman–Crippen MR) is 64.3 cm³/mol. The third-order valence-corrected chi connectivity index (χ3v) is 4.85. The molecule has 0 amide bonds. The fourth-order valence-corrected chi connectivity index (χ4v) is 3.68. The molecule has 0 bridgehead atoms. The number of oxazole rings is 1. The van der Waals surface area contributed by atoms with Crippen molar-refractivity contribution in [2.45, 2.75) is 25.7 Å². The molecule has 1 aromatic heterocycles. The molecule has 2 N–H and O–H groups in total. The van der Waals surface area contributed by atoms with Gasteiger partial charge in [-0.05, 0) is 25.3 Å². The minimum Gasteiger partial charge on any atom is -0.449 e. The predicted octanol–water partition coefficient (Wildman–Crippen LogP) is 0.543. The van der Waals surface area contributed by atoms with Crippen LogP contribution < -0.4 is 5.73 Å². The van der Waals surface area contributed by atoms with Crippen LogP contribution in [0.15, 0.2) is 10.7 Å². The van der Waals surface area contributed by atoms with E-state index in [4.69, 9.17) is 10.2 Å². The summed E-state index contributed by atoms with van der Waals surface area (Å²) in [6, 6.07) is 0. The first-order valence-electron chi connectivity index (χ1n) is 5.93. The molecule has 6 heteroatoms. The fourth-order valence-electron chi connectivity index (χ4n) is 2.10. The molecule has 0 radical (unpaired) electrons. The summed E-state index contributed by atoms with van der Waals surface area (Å²) in [5.41, 5.74) is 6.32. The average Bonchev–Trinajstić information content (AvgIpc) is 2.70. The van der Waals surface area contributed by atoms with E-state index >= 15 is 0 Å². The molecule has 1 aromatic rings. The average molecular weight is 258 g/mol. The van der Waals surface area contributed by atoms with Gasteiger partial charge in [0, 0.05) is 12.8 Å². The maximum Gasteiger partial charge on any atom is 0.194 e. The molecule has 17 heavy (non-hydrogen) atoms. The standard InChI is InChI=1S/C11H18N2O3S/c12-4-1-10-8-16-11(13-10)7-9-2-5-17(14,15)6-3-9/h8-9H,1-7,12H2. The Labute approximate surface area is 101 Å². The number of sulfone groups is 1. The highest BCUT2D eigenvalue weighted by Crippen LogP contribution is 2.22. The number of rotatable bonds is 4. The van der Waals surface area contributed by atoms with E-state index in [1.807, 2.05) is 0 Å². The first-order chi connectivity index (χ1) is 8.09. The molecule has 0 unspecified atom stereocenters. The van der Waals surface area contributed by atoms with Crippen LogP contribution in [0.5, 0.6) is 0 Å². The van der Waals surface area contributed by atoms with E-state index in [1.54, 1.807) is 6.26 Å². The van der Waals surface area contributed by atoms with Crippen LogP contribution in [0.3, 0.4) is 0 Å². The third kappa shape index (κ3) is 3.54. The first-order valence-corrected chi connectivity index (χ1v) is 7.75. The highest BCUT2D eigenvalue weighted by atomic mass is 32.2. The van der Waals surface area contributed by atoms with Gasteiger partial charge in [0.15, 0.2) is 5.89 Å². The number of aromatic nitrogens is 1. The minimum atomic E-state index is -2.78. The molecule has 1 saturated heterocycles. The van der Waals surface area contributed by atoms with Gasteiger partial charge in [-0.1, -0.05) is 0 Å². The number of nitrogens with two attached hydrogens (primary N) is 1. The minimum absolute atomic E-state index is 0.300. The Morgan fingerprint density at radius 1 is 1.41 bits per heavy atom. The van der Waals surface area contributed by atoms with Gasteiger partial charge >= 0.3 is 0 Å². The van der Waals surface area contributed by atoms with E-state index in [0.29, 0.717) is 29.9 Å². The Morgan fingerprint density at radius 2 is 2.12 bits per heavy atom. The molecule has 0 saturated carbocycles. The molecular weight excluding hydrogens is 240 g/mol. The zero-order valence-electron chi connectivity index (χ0n) is 9.76.